The van der Waals surface area contributed by atoms with Crippen LogP contribution < -0.4 is 0 Å². The molecule has 1 unspecified atom stereocenters. The van der Waals surface area contributed by atoms with E-state index in [1.807, 2.05) is 0 Å². The number of halogens is 3. The Morgan fingerprint density at radius 2 is 1.38 bits per heavy atom. The zero-order valence-electron chi connectivity index (χ0n) is 13.4. The summed E-state index contributed by atoms with van der Waals surface area (Å²) in [5.41, 5.74) is 1.12. The van der Waals surface area contributed by atoms with Crippen molar-refractivity contribution in [2.45, 2.75) is 12.1 Å². The Balaban J connectivity index is 2.04. The fourth-order valence-electron chi connectivity index (χ4n) is 2.63. The molecule has 26 heavy (non-hydrogen) atoms. The van der Waals surface area contributed by atoms with Crippen LogP contribution in [0.15, 0.2) is 72.8 Å². The predicted molar refractivity (Wildman–Crippen MR) is 93.8 cm³/mol. The molecule has 0 spiro atoms. The van der Waals surface area contributed by atoms with E-state index in [9.17, 15) is 22.8 Å². The largest absolute Gasteiger partial charge is 0.455 e. The quantitative estimate of drug-likeness (QED) is 0.552. The number of carbonyl (C=O) groups is 2. The molecule has 0 N–H and O–H groups in total. The number of benzene rings is 2. The summed E-state index contributed by atoms with van der Waals surface area (Å²) < 4.78 is 38.0. The van der Waals surface area contributed by atoms with Gasteiger partial charge in [0.15, 0.2) is 5.78 Å². The van der Waals surface area contributed by atoms with Crippen molar-refractivity contribution in [3.63, 3.8) is 0 Å². The third kappa shape index (κ3) is 3.75. The van der Waals surface area contributed by atoms with Crippen LogP contribution in [0, 0.1) is 0 Å². The molecule has 0 saturated carbocycles. The lowest BCUT2D eigenvalue weighted by atomic mass is 9.89. The SMILES string of the molecule is O=C(c1ccccc1)C(c1ccccc1)c1ccc(C(=O)C(F)(F)F)s1. The number of alkyl halides is 3. The molecule has 0 fully saturated rings. The molecule has 1 atom stereocenters. The van der Waals surface area contributed by atoms with E-state index in [0.29, 0.717) is 27.3 Å². The third-order valence-electron chi connectivity index (χ3n) is 3.85. The van der Waals surface area contributed by atoms with Crippen molar-refractivity contribution in [3.05, 3.63) is 93.7 Å². The van der Waals surface area contributed by atoms with Crippen molar-refractivity contribution in [1.82, 2.24) is 0 Å². The molecule has 0 radical (unpaired) electrons. The smallest absolute Gasteiger partial charge is 0.293 e. The Labute approximate surface area is 151 Å². The van der Waals surface area contributed by atoms with E-state index in [1.165, 1.54) is 6.07 Å². The van der Waals surface area contributed by atoms with E-state index in [1.54, 1.807) is 60.7 Å². The number of hydrogen-bond donors (Lipinski definition) is 0. The normalized spacial score (nSPS) is 12.6. The van der Waals surface area contributed by atoms with Gasteiger partial charge in [-0.05, 0) is 17.7 Å². The van der Waals surface area contributed by atoms with E-state index in [-0.39, 0.29) is 5.78 Å². The maximum Gasteiger partial charge on any atom is 0.455 e. The van der Waals surface area contributed by atoms with Crippen LogP contribution in [0.25, 0.3) is 0 Å². The summed E-state index contributed by atoms with van der Waals surface area (Å²) in [6.07, 6.45) is -4.94. The molecule has 0 aliphatic carbocycles. The first-order chi connectivity index (χ1) is 12.4. The van der Waals surface area contributed by atoms with E-state index < -0.39 is 22.8 Å². The van der Waals surface area contributed by atoms with Crippen molar-refractivity contribution in [2.75, 3.05) is 0 Å². The molecule has 2 aromatic carbocycles. The molecular formula is C20H13F3O2S. The van der Waals surface area contributed by atoms with Crippen LogP contribution in [-0.2, 0) is 0 Å². The lowest BCUT2D eigenvalue weighted by Crippen LogP contribution is -2.21. The van der Waals surface area contributed by atoms with Gasteiger partial charge in [0.1, 0.15) is 0 Å². The molecule has 132 valence electrons. The van der Waals surface area contributed by atoms with Crippen LogP contribution >= 0.6 is 11.3 Å². The molecule has 6 heteroatoms. The van der Waals surface area contributed by atoms with E-state index in [4.69, 9.17) is 0 Å². The zero-order valence-corrected chi connectivity index (χ0v) is 14.2. The van der Waals surface area contributed by atoms with Gasteiger partial charge < -0.3 is 0 Å². The van der Waals surface area contributed by atoms with Gasteiger partial charge in [0.05, 0.1) is 10.8 Å². The summed E-state index contributed by atoms with van der Waals surface area (Å²) in [5, 5.41) is 0. The van der Waals surface area contributed by atoms with Gasteiger partial charge in [-0.15, -0.1) is 11.3 Å². The highest BCUT2D eigenvalue weighted by atomic mass is 32.1. The Kier molecular flexibility index (Phi) is 5.04. The second-order valence-electron chi connectivity index (χ2n) is 5.60. The number of carbonyl (C=O) groups excluding carboxylic acids is 2. The zero-order chi connectivity index (χ0) is 18.7. The first-order valence-corrected chi connectivity index (χ1v) is 8.55. The van der Waals surface area contributed by atoms with Gasteiger partial charge in [0, 0.05) is 10.4 Å². The number of thiophene rings is 1. The lowest BCUT2D eigenvalue weighted by molar-refractivity contribution is -0.0882. The summed E-state index contributed by atoms with van der Waals surface area (Å²) >= 11 is 0.703. The number of Topliss-reactive ketones (excluding diaryl/α,β-unsaturated/α-hetero) is 2. The van der Waals surface area contributed by atoms with Gasteiger partial charge in [-0.3, -0.25) is 9.59 Å². The Bertz CT molecular complexity index is 915. The number of rotatable bonds is 5. The number of hydrogen-bond acceptors (Lipinski definition) is 3. The van der Waals surface area contributed by atoms with Crippen molar-refractivity contribution >= 4 is 22.9 Å². The van der Waals surface area contributed by atoms with Gasteiger partial charge in [0.2, 0.25) is 0 Å². The van der Waals surface area contributed by atoms with Crippen LogP contribution in [0.3, 0.4) is 0 Å². The van der Waals surface area contributed by atoms with Crippen molar-refractivity contribution in [1.29, 1.82) is 0 Å². The maximum atomic E-state index is 13.0. The minimum absolute atomic E-state index is 0.232. The second-order valence-corrected chi connectivity index (χ2v) is 6.72. The summed E-state index contributed by atoms with van der Waals surface area (Å²) in [6, 6.07) is 19.9. The van der Waals surface area contributed by atoms with Gasteiger partial charge in [-0.1, -0.05) is 60.7 Å². The molecule has 3 rings (SSSR count). The summed E-state index contributed by atoms with van der Waals surface area (Å²) in [5.74, 6) is -2.89. The standard InChI is InChI=1S/C20H13F3O2S/c21-20(22,23)19(25)16-12-11-15(26-16)17(13-7-3-1-4-8-13)18(24)14-9-5-2-6-10-14/h1-12,17H. The van der Waals surface area contributed by atoms with Crippen molar-refractivity contribution < 1.29 is 22.8 Å². The minimum atomic E-state index is -4.94. The molecule has 1 aromatic heterocycles. The maximum absolute atomic E-state index is 13.0. The first-order valence-electron chi connectivity index (χ1n) is 7.73. The fraction of sp³-hybridized carbons (Fsp3) is 0.100. The number of ketones is 2. The molecule has 3 aromatic rings. The predicted octanol–water partition coefficient (Wildman–Crippen LogP) is 5.51. The third-order valence-corrected chi connectivity index (χ3v) is 4.99. The van der Waals surface area contributed by atoms with Crippen LogP contribution in [-0.4, -0.2) is 17.7 Å². The minimum Gasteiger partial charge on any atom is -0.293 e. The molecule has 0 aliphatic heterocycles. The highest BCUT2D eigenvalue weighted by Crippen LogP contribution is 2.35. The highest BCUT2D eigenvalue weighted by molar-refractivity contribution is 7.14. The molecule has 2 nitrogen and oxygen atoms in total. The summed E-state index contributed by atoms with van der Waals surface area (Å²) in [6.45, 7) is 0. The Morgan fingerprint density at radius 3 is 1.96 bits per heavy atom. The monoisotopic (exact) mass is 374 g/mol. The molecule has 0 amide bonds. The van der Waals surface area contributed by atoms with Gasteiger partial charge >= 0.3 is 6.18 Å². The van der Waals surface area contributed by atoms with Crippen LogP contribution in [0.5, 0.6) is 0 Å². The molecule has 1 heterocycles. The Hall–Kier alpha value is -2.73. The second kappa shape index (κ2) is 7.25. The molecule has 0 saturated heterocycles. The fourth-order valence-corrected chi connectivity index (χ4v) is 3.72. The summed E-state index contributed by atoms with van der Waals surface area (Å²) in [4.78, 5) is 24.5. The molecule has 0 bridgehead atoms. The molecule has 0 aliphatic rings. The van der Waals surface area contributed by atoms with Crippen LogP contribution in [0.2, 0.25) is 0 Å². The van der Waals surface area contributed by atoms with E-state index >= 15 is 0 Å². The Morgan fingerprint density at radius 1 is 0.808 bits per heavy atom. The van der Waals surface area contributed by atoms with Crippen LogP contribution in [0.1, 0.15) is 36.4 Å². The average molecular weight is 374 g/mol. The van der Waals surface area contributed by atoms with Gasteiger partial charge in [-0.2, -0.15) is 13.2 Å². The van der Waals surface area contributed by atoms with Gasteiger partial charge in [-0.25, -0.2) is 0 Å². The lowest BCUT2D eigenvalue weighted by Gasteiger charge is -2.15. The van der Waals surface area contributed by atoms with Crippen molar-refractivity contribution in [2.24, 2.45) is 0 Å². The van der Waals surface area contributed by atoms with Crippen LogP contribution in [0.4, 0.5) is 13.2 Å². The highest BCUT2D eigenvalue weighted by Gasteiger charge is 2.40. The molecular weight excluding hydrogens is 361 g/mol. The first kappa shape index (κ1) is 18.1. The van der Waals surface area contributed by atoms with Gasteiger partial charge in [0.25, 0.3) is 5.78 Å². The van der Waals surface area contributed by atoms with Crippen molar-refractivity contribution in [3.8, 4) is 0 Å². The van der Waals surface area contributed by atoms with E-state index in [0.717, 1.165) is 6.07 Å². The average Bonchev–Trinajstić information content (AvgIpc) is 3.11. The summed E-state index contributed by atoms with van der Waals surface area (Å²) in [7, 11) is 0. The van der Waals surface area contributed by atoms with E-state index in [2.05, 4.69) is 0 Å². The topological polar surface area (TPSA) is 34.1 Å².